The van der Waals surface area contributed by atoms with Gasteiger partial charge in [-0.1, -0.05) is 23.7 Å². The number of carboxylic acid groups (broad SMARTS) is 1. The summed E-state index contributed by atoms with van der Waals surface area (Å²) in [6.45, 7) is 0. The number of fused-ring (bicyclic) bond motifs is 1. The van der Waals surface area contributed by atoms with Crippen LogP contribution in [0.5, 0.6) is 0 Å². The molecule has 1 N–H and O–H groups in total. The lowest BCUT2D eigenvalue weighted by atomic mass is 9.99. The number of carbonyl (C=O) groups excluding carboxylic acids is 1. The number of tetrazole rings is 1. The van der Waals surface area contributed by atoms with Crippen molar-refractivity contribution in [2.24, 2.45) is 0 Å². The van der Waals surface area contributed by atoms with Crippen LogP contribution >= 0.6 is 11.6 Å². The van der Waals surface area contributed by atoms with Crippen molar-refractivity contribution in [2.45, 2.75) is 12.8 Å². The number of hydrogen-bond donors (Lipinski definition) is 1. The third-order valence-electron chi connectivity index (χ3n) is 4.29. The highest BCUT2D eigenvalue weighted by Gasteiger charge is 2.25. The Labute approximate surface area is 163 Å². The molecule has 0 unspecified atom stereocenters. The second-order valence-electron chi connectivity index (χ2n) is 6.04. The highest BCUT2D eigenvalue weighted by atomic mass is 35.5. The van der Waals surface area contributed by atoms with E-state index >= 15 is 0 Å². The predicted molar refractivity (Wildman–Crippen MR) is 99.8 cm³/mol. The van der Waals surface area contributed by atoms with Crippen LogP contribution in [0.2, 0.25) is 5.02 Å². The number of nitrogens with zero attached hydrogens (tertiary/aromatic N) is 4. The molecule has 0 saturated carbocycles. The first-order chi connectivity index (χ1) is 13.5. The van der Waals surface area contributed by atoms with Crippen molar-refractivity contribution in [1.29, 1.82) is 0 Å². The van der Waals surface area contributed by atoms with E-state index in [0.717, 1.165) is 0 Å². The van der Waals surface area contributed by atoms with E-state index in [0.29, 0.717) is 32.8 Å². The molecule has 0 aliphatic rings. The van der Waals surface area contributed by atoms with E-state index < -0.39 is 5.97 Å². The molecule has 0 aliphatic heterocycles. The first kappa shape index (κ1) is 17.9. The van der Waals surface area contributed by atoms with Gasteiger partial charge in [0.1, 0.15) is 11.9 Å². The Morgan fingerprint density at radius 1 is 1.18 bits per heavy atom. The Morgan fingerprint density at radius 2 is 2.00 bits per heavy atom. The molecule has 140 valence electrons. The number of para-hydroxylation sites is 1. The minimum Gasteiger partial charge on any atom is -0.481 e. The Bertz CT molecular complexity index is 1180. The fourth-order valence-corrected chi connectivity index (χ4v) is 3.21. The molecule has 9 heteroatoms. The number of aromatic nitrogens is 4. The van der Waals surface area contributed by atoms with Crippen LogP contribution in [0, 0.1) is 0 Å². The number of halogens is 1. The van der Waals surface area contributed by atoms with E-state index in [1.807, 2.05) is 0 Å². The van der Waals surface area contributed by atoms with Gasteiger partial charge in [0.25, 0.3) is 0 Å². The van der Waals surface area contributed by atoms with Crippen LogP contribution in [0.25, 0.3) is 16.7 Å². The normalized spacial score (nSPS) is 11.0. The maximum Gasteiger partial charge on any atom is 0.303 e. The van der Waals surface area contributed by atoms with Gasteiger partial charge in [-0.05, 0) is 41.1 Å². The molecule has 0 spiro atoms. The van der Waals surface area contributed by atoms with Crippen molar-refractivity contribution >= 4 is 34.3 Å². The molecule has 4 aromatic rings. The van der Waals surface area contributed by atoms with Gasteiger partial charge >= 0.3 is 5.97 Å². The average Bonchev–Trinajstić information content (AvgIpc) is 3.33. The molecule has 0 radical (unpaired) electrons. The van der Waals surface area contributed by atoms with Crippen LogP contribution < -0.4 is 0 Å². The summed E-state index contributed by atoms with van der Waals surface area (Å²) in [6, 6.07) is 11.8. The van der Waals surface area contributed by atoms with E-state index in [1.54, 1.807) is 42.5 Å². The van der Waals surface area contributed by atoms with Crippen molar-refractivity contribution in [3.63, 3.8) is 0 Å². The van der Waals surface area contributed by atoms with E-state index in [-0.39, 0.29) is 24.4 Å². The van der Waals surface area contributed by atoms with Crippen LogP contribution in [-0.2, 0) is 11.2 Å². The Kier molecular flexibility index (Phi) is 4.62. The second kappa shape index (κ2) is 7.24. The van der Waals surface area contributed by atoms with Crippen LogP contribution in [0.3, 0.4) is 0 Å². The number of rotatable bonds is 6. The molecule has 0 bridgehead atoms. The van der Waals surface area contributed by atoms with Gasteiger partial charge in [-0.2, -0.15) is 4.68 Å². The van der Waals surface area contributed by atoms with Gasteiger partial charge in [-0.25, -0.2) is 0 Å². The molecular formula is C19H13ClN4O4. The number of aryl methyl sites for hydroxylation is 1. The molecule has 0 saturated heterocycles. The largest absolute Gasteiger partial charge is 0.481 e. The van der Waals surface area contributed by atoms with Crippen LogP contribution in [-0.4, -0.2) is 37.1 Å². The van der Waals surface area contributed by atoms with Crippen LogP contribution in [0.15, 0.2) is 53.2 Å². The smallest absolute Gasteiger partial charge is 0.303 e. The van der Waals surface area contributed by atoms with Gasteiger partial charge in [-0.3, -0.25) is 9.59 Å². The molecule has 0 aliphatic carbocycles. The SMILES string of the molecule is O=C(O)CCc1c(C(=O)c2ccccc2-n2cnnn2)oc2cc(Cl)ccc12. The lowest BCUT2D eigenvalue weighted by molar-refractivity contribution is -0.136. The second-order valence-corrected chi connectivity index (χ2v) is 6.48. The average molecular weight is 397 g/mol. The lowest BCUT2D eigenvalue weighted by Gasteiger charge is -2.07. The number of furan rings is 1. The van der Waals surface area contributed by atoms with Crippen LogP contribution in [0.4, 0.5) is 0 Å². The summed E-state index contributed by atoms with van der Waals surface area (Å²) in [5.41, 5.74) is 1.78. The van der Waals surface area contributed by atoms with Gasteiger partial charge in [-0.15, -0.1) is 5.10 Å². The topological polar surface area (TPSA) is 111 Å². The molecule has 0 fully saturated rings. The number of aliphatic carboxylic acids is 1. The molecule has 28 heavy (non-hydrogen) atoms. The highest BCUT2D eigenvalue weighted by molar-refractivity contribution is 6.31. The number of benzene rings is 2. The fourth-order valence-electron chi connectivity index (χ4n) is 3.05. The zero-order chi connectivity index (χ0) is 19.7. The Hall–Kier alpha value is -3.52. The van der Waals surface area contributed by atoms with Gasteiger partial charge in [0, 0.05) is 28.5 Å². The molecule has 0 atom stereocenters. The van der Waals surface area contributed by atoms with Gasteiger partial charge in [0.05, 0.1) is 11.3 Å². The summed E-state index contributed by atoms with van der Waals surface area (Å²) in [4.78, 5) is 24.4. The zero-order valence-electron chi connectivity index (χ0n) is 14.4. The quantitative estimate of drug-likeness (QED) is 0.497. The molecular weight excluding hydrogens is 384 g/mol. The minimum absolute atomic E-state index is 0.0824. The third kappa shape index (κ3) is 3.25. The third-order valence-corrected chi connectivity index (χ3v) is 4.53. The molecule has 2 heterocycles. The summed E-state index contributed by atoms with van der Waals surface area (Å²) in [6.07, 6.45) is 1.40. The summed E-state index contributed by atoms with van der Waals surface area (Å²) >= 11 is 6.03. The molecule has 4 rings (SSSR count). The number of carbonyl (C=O) groups is 2. The van der Waals surface area contributed by atoms with Gasteiger partial charge < -0.3 is 9.52 Å². The van der Waals surface area contributed by atoms with Crippen molar-refractivity contribution < 1.29 is 19.1 Å². The first-order valence-corrected chi connectivity index (χ1v) is 8.72. The van der Waals surface area contributed by atoms with Gasteiger partial charge in [0.15, 0.2) is 5.76 Å². The van der Waals surface area contributed by atoms with E-state index in [2.05, 4.69) is 15.5 Å². The van der Waals surface area contributed by atoms with Crippen molar-refractivity contribution in [3.8, 4) is 5.69 Å². The fraction of sp³-hybridized carbons (Fsp3) is 0.105. The first-order valence-electron chi connectivity index (χ1n) is 8.34. The monoisotopic (exact) mass is 396 g/mol. The number of carboxylic acids is 1. The summed E-state index contributed by atoms with van der Waals surface area (Å²) < 4.78 is 7.19. The standard InChI is InChI=1S/C19H13ClN4O4/c20-11-5-6-12-13(7-8-17(25)26)19(28-16(12)9-11)18(27)14-3-1-2-4-15(14)24-10-21-22-23-24/h1-6,9-10H,7-8H2,(H,25,26). The van der Waals surface area contributed by atoms with Crippen LogP contribution in [0.1, 0.15) is 28.1 Å². The van der Waals surface area contributed by atoms with Gasteiger partial charge in [0.2, 0.25) is 5.78 Å². The number of hydrogen-bond acceptors (Lipinski definition) is 6. The zero-order valence-corrected chi connectivity index (χ0v) is 15.1. The Balaban J connectivity index is 1.86. The molecule has 0 amide bonds. The molecule has 8 nitrogen and oxygen atoms in total. The minimum atomic E-state index is -0.962. The Morgan fingerprint density at radius 3 is 2.75 bits per heavy atom. The highest BCUT2D eigenvalue weighted by Crippen LogP contribution is 2.31. The summed E-state index contributed by atoms with van der Waals surface area (Å²) in [5, 5.41) is 21.2. The maximum atomic E-state index is 13.3. The van der Waals surface area contributed by atoms with E-state index in [4.69, 9.17) is 21.1 Å². The van der Waals surface area contributed by atoms with Crippen molar-refractivity contribution in [3.05, 3.63) is 70.7 Å². The van der Waals surface area contributed by atoms with E-state index in [9.17, 15) is 9.59 Å². The van der Waals surface area contributed by atoms with Crippen molar-refractivity contribution in [2.75, 3.05) is 0 Å². The molecule has 2 aromatic carbocycles. The maximum absolute atomic E-state index is 13.3. The predicted octanol–water partition coefficient (Wildman–Crippen LogP) is 3.31. The number of ketones is 1. The summed E-state index contributed by atoms with van der Waals surface area (Å²) in [7, 11) is 0. The van der Waals surface area contributed by atoms with Crippen molar-refractivity contribution in [1.82, 2.24) is 20.2 Å². The lowest BCUT2D eigenvalue weighted by Crippen LogP contribution is -2.10. The molecule has 2 aromatic heterocycles. The summed E-state index contributed by atoms with van der Waals surface area (Å²) in [5.74, 6) is -1.27. The van der Waals surface area contributed by atoms with E-state index in [1.165, 1.54) is 11.0 Å².